The van der Waals surface area contributed by atoms with Gasteiger partial charge in [-0.3, -0.25) is 9.79 Å². The van der Waals surface area contributed by atoms with E-state index in [-0.39, 0.29) is 17.9 Å². The predicted molar refractivity (Wildman–Crippen MR) is 58.5 cm³/mol. The third-order valence-electron chi connectivity index (χ3n) is 2.23. The minimum absolute atomic E-state index is 0.0307. The van der Waals surface area contributed by atoms with Gasteiger partial charge >= 0.3 is 6.47 Å². The van der Waals surface area contributed by atoms with Crippen molar-refractivity contribution < 1.29 is 18.4 Å². The molecule has 0 aliphatic carbocycles. The Labute approximate surface area is 97.3 Å². The Morgan fingerprint density at radius 3 is 2.76 bits per heavy atom. The standard InChI is InChI=1S/C11H12F2N2O2/c1-3-7-4-5-8(12)10(13)9(7)11(14-2)15-17-6-16/h4-6H,3H2,1-2H3,(H,14,15). The molecule has 17 heavy (non-hydrogen) atoms. The Kier molecular flexibility index (Phi) is 4.56. The molecule has 1 aromatic carbocycles. The van der Waals surface area contributed by atoms with Crippen molar-refractivity contribution in [3.8, 4) is 0 Å². The lowest BCUT2D eigenvalue weighted by Crippen LogP contribution is -2.27. The van der Waals surface area contributed by atoms with E-state index in [0.717, 1.165) is 6.07 Å². The van der Waals surface area contributed by atoms with Crippen LogP contribution in [0.25, 0.3) is 0 Å². The van der Waals surface area contributed by atoms with Gasteiger partial charge in [0, 0.05) is 7.05 Å². The van der Waals surface area contributed by atoms with Crippen LogP contribution < -0.4 is 5.48 Å². The first-order valence-corrected chi connectivity index (χ1v) is 4.95. The fourth-order valence-electron chi connectivity index (χ4n) is 1.43. The number of hydrogen-bond acceptors (Lipinski definition) is 3. The largest absolute Gasteiger partial charge is 0.345 e. The van der Waals surface area contributed by atoms with Gasteiger partial charge in [-0.25, -0.2) is 14.3 Å². The van der Waals surface area contributed by atoms with Gasteiger partial charge in [0.25, 0.3) is 0 Å². The fraction of sp³-hybridized carbons (Fsp3) is 0.273. The van der Waals surface area contributed by atoms with Gasteiger partial charge in [0.1, 0.15) is 0 Å². The average Bonchev–Trinajstić information content (AvgIpc) is 2.35. The van der Waals surface area contributed by atoms with E-state index in [2.05, 4.69) is 15.3 Å². The van der Waals surface area contributed by atoms with Crippen molar-refractivity contribution in [2.75, 3.05) is 7.05 Å². The van der Waals surface area contributed by atoms with Crippen LogP contribution in [0.3, 0.4) is 0 Å². The van der Waals surface area contributed by atoms with Gasteiger partial charge in [-0.2, -0.15) is 0 Å². The second-order valence-electron chi connectivity index (χ2n) is 3.14. The lowest BCUT2D eigenvalue weighted by Gasteiger charge is -2.12. The number of aryl methyl sites for hydroxylation is 1. The summed E-state index contributed by atoms with van der Waals surface area (Å²) < 4.78 is 26.8. The molecule has 6 heteroatoms. The molecule has 1 rings (SSSR count). The van der Waals surface area contributed by atoms with Crippen molar-refractivity contribution in [3.63, 3.8) is 0 Å². The molecule has 0 fully saturated rings. The van der Waals surface area contributed by atoms with Crippen LogP contribution in [0, 0.1) is 11.6 Å². The van der Waals surface area contributed by atoms with Crippen molar-refractivity contribution >= 4 is 12.3 Å². The normalized spacial score (nSPS) is 11.2. The molecule has 1 N–H and O–H groups in total. The van der Waals surface area contributed by atoms with Crippen molar-refractivity contribution in [2.45, 2.75) is 13.3 Å². The predicted octanol–water partition coefficient (Wildman–Crippen LogP) is 1.58. The summed E-state index contributed by atoms with van der Waals surface area (Å²) in [5, 5.41) is 0. The third-order valence-corrected chi connectivity index (χ3v) is 2.23. The highest BCUT2D eigenvalue weighted by Crippen LogP contribution is 2.18. The molecule has 0 amide bonds. The van der Waals surface area contributed by atoms with Gasteiger partial charge in [-0.05, 0) is 18.1 Å². The summed E-state index contributed by atoms with van der Waals surface area (Å²) in [6.07, 6.45) is 0.494. The van der Waals surface area contributed by atoms with Crippen LogP contribution in [0.5, 0.6) is 0 Å². The van der Waals surface area contributed by atoms with Crippen LogP contribution in [-0.4, -0.2) is 19.4 Å². The molecule has 0 saturated heterocycles. The van der Waals surface area contributed by atoms with E-state index in [1.165, 1.54) is 13.1 Å². The zero-order valence-electron chi connectivity index (χ0n) is 9.46. The molecule has 0 bridgehead atoms. The van der Waals surface area contributed by atoms with E-state index in [0.29, 0.717) is 12.0 Å². The van der Waals surface area contributed by atoms with E-state index in [1.54, 1.807) is 6.92 Å². The highest BCUT2D eigenvalue weighted by molar-refractivity contribution is 5.99. The fourth-order valence-corrected chi connectivity index (χ4v) is 1.43. The summed E-state index contributed by atoms with van der Waals surface area (Å²) in [5.74, 6) is -2.04. The van der Waals surface area contributed by atoms with E-state index in [4.69, 9.17) is 0 Å². The second-order valence-corrected chi connectivity index (χ2v) is 3.14. The number of carbonyl (C=O) groups excluding carboxylic acids is 1. The topological polar surface area (TPSA) is 50.7 Å². The molecular weight excluding hydrogens is 230 g/mol. The molecule has 0 spiro atoms. The summed E-state index contributed by atoms with van der Waals surface area (Å²) in [4.78, 5) is 18.1. The summed E-state index contributed by atoms with van der Waals surface area (Å²) in [6, 6.07) is 2.51. The number of halogens is 2. The molecule has 0 radical (unpaired) electrons. The maximum Gasteiger partial charge on any atom is 0.320 e. The minimum Gasteiger partial charge on any atom is -0.345 e. The molecule has 0 unspecified atom stereocenters. The Bertz CT molecular complexity index is 447. The van der Waals surface area contributed by atoms with Crippen molar-refractivity contribution in [2.24, 2.45) is 4.99 Å². The molecule has 92 valence electrons. The van der Waals surface area contributed by atoms with Crippen LogP contribution >= 0.6 is 0 Å². The SMILES string of the molecule is CCc1ccc(F)c(F)c1C(=NC)NOC=O. The second kappa shape index (κ2) is 5.93. The first kappa shape index (κ1) is 13.1. The first-order chi connectivity index (χ1) is 8.15. The minimum atomic E-state index is -1.02. The molecule has 0 heterocycles. The number of amidine groups is 1. The number of benzene rings is 1. The number of hydrogen-bond donors (Lipinski definition) is 1. The zero-order valence-corrected chi connectivity index (χ0v) is 9.46. The molecule has 1 aromatic rings. The van der Waals surface area contributed by atoms with Crippen LogP contribution in [-0.2, 0) is 16.1 Å². The molecule has 0 saturated carbocycles. The average molecular weight is 242 g/mol. The number of nitrogens with one attached hydrogen (secondary N) is 1. The van der Waals surface area contributed by atoms with Crippen molar-refractivity contribution in [1.82, 2.24) is 5.48 Å². The van der Waals surface area contributed by atoms with Crippen LogP contribution in [0.4, 0.5) is 8.78 Å². The maximum absolute atomic E-state index is 13.7. The Balaban J connectivity index is 3.25. The number of carbonyl (C=O) groups is 1. The number of nitrogens with zero attached hydrogens (tertiary/aromatic N) is 1. The Hall–Kier alpha value is -1.98. The smallest absolute Gasteiger partial charge is 0.320 e. The maximum atomic E-state index is 13.7. The molecule has 0 aliphatic rings. The molecule has 0 aromatic heterocycles. The highest BCUT2D eigenvalue weighted by Gasteiger charge is 2.17. The van der Waals surface area contributed by atoms with Gasteiger partial charge < -0.3 is 4.84 Å². The van der Waals surface area contributed by atoms with Crippen LogP contribution in [0.1, 0.15) is 18.1 Å². The highest BCUT2D eigenvalue weighted by atomic mass is 19.2. The van der Waals surface area contributed by atoms with Crippen molar-refractivity contribution in [1.29, 1.82) is 0 Å². The van der Waals surface area contributed by atoms with E-state index < -0.39 is 11.6 Å². The van der Waals surface area contributed by atoms with Gasteiger partial charge in [-0.1, -0.05) is 13.0 Å². The van der Waals surface area contributed by atoms with E-state index in [1.807, 2.05) is 0 Å². The zero-order chi connectivity index (χ0) is 12.8. The molecule has 0 aliphatic heterocycles. The summed E-state index contributed by atoms with van der Waals surface area (Å²) in [6.45, 7) is 1.93. The lowest BCUT2D eigenvalue weighted by atomic mass is 10.0. The van der Waals surface area contributed by atoms with Crippen LogP contribution in [0.2, 0.25) is 0 Å². The Morgan fingerprint density at radius 1 is 1.53 bits per heavy atom. The quantitative estimate of drug-likeness (QED) is 0.377. The molecule has 4 nitrogen and oxygen atoms in total. The monoisotopic (exact) mass is 242 g/mol. The van der Waals surface area contributed by atoms with Gasteiger partial charge in [-0.15, -0.1) is 0 Å². The summed E-state index contributed by atoms with van der Waals surface area (Å²) >= 11 is 0. The summed E-state index contributed by atoms with van der Waals surface area (Å²) in [7, 11) is 1.38. The summed E-state index contributed by atoms with van der Waals surface area (Å²) in [5.41, 5.74) is 2.68. The van der Waals surface area contributed by atoms with Crippen LogP contribution in [0.15, 0.2) is 17.1 Å². The number of rotatable bonds is 4. The van der Waals surface area contributed by atoms with Crippen molar-refractivity contribution in [3.05, 3.63) is 34.9 Å². The lowest BCUT2D eigenvalue weighted by molar-refractivity contribution is -0.132. The third kappa shape index (κ3) is 2.77. The van der Waals surface area contributed by atoms with Gasteiger partial charge in [0.15, 0.2) is 17.5 Å². The van der Waals surface area contributed by atoms with Gasteiger partial charge in [0.05, 0.1) is 5.56 Å². The number of aliphatic imine (C=N–C) groups is 1. The molecular formula is C11H12F2N2O2. The first-order valence-electron chi connectivity index (χ1n) is 4.95. The van der Waals surface area contributed by atoms with E-state index in [9.17, 15) is 13.6 Å². The Morgan fingerprint density at radius 2 is 2.24 bits per heavy atom. The molecule has 0 atom stereocenters. The number of hydroxylamine groups is 1. The van der Waals surface area contributed by atoms with Gasteiger partial charge in [0.2, 0.25) is 0 Å². The van der Waals surface area contributed by atoms with E-state index >= 15 is 0 Å².